The summed E-state index contributed by atoms with van der Waals surface area (Å²) in [4.78, 5) is 0. The molecule has 1 fully saturated rings. The molecule has 0 radical (unpaired) electrons. The lowest BCUT2D eigenvalue weighted by atomic mass is 9.58. The van der Waals surface area contributed by atoms with Gasteiger partial charge in [0, 0.05) is 6.04 Å². The van der Waals surface area contributed by atoms with Crippen LogP contribution in [0.25, 0.3) is 0 Å². The maximum Gasteiger partial charge on any atom is 0.0808 e. The maximum atomic E-state index is 9.89. The Bertz CT molecular complexity index is 146. The van der Waals surface area contributed by atoms with E-state index in [0.717, 1.165) is 19.3 Å². The third kappa shape index (κ3) is 1.57. The quantitative estimate of drug-likeness (QED) is 0.634. The van der Waals surface area contributed by atoms with Gasteiger partial charge in [0.25, 0.3) is 0 Å². The average Bonchev–Trinajstić information content (AvgIpc) is 1.81. The molecule has 66 valence electrons. The molecule has 0 bridgehead atoms. The molecule has 0 aromatic rings. The maximum absolute atomic E-state index is 9.89. The van der Waals surface area contributed by atoms with Crippen molar-refractivity contribution >= 4 is 0 Å². The number of nitrogens with two attached hydrogens (primary N) is 1. The zero-order valence-electron chi connectivity index (χ0n) is 7.72. The number of hydrogen-bond donors (Lipinski definition) is 2. The molecule has 0 amide bonds. The molecule has 1 unspecified atom stereocenters. The van der Waals surface area contributed by atoms with Crippen LogP contribution in [0.1, 0.15) is 40.0 Å². The lowest BCUT2D eigenvalue weighted by Crippen LogP contribution is -2.59. The zero-order chi connectivity index (χ0) is 8.70. The van der Waals surface area contributed by atoms with E-state index >= 15 is 0 Å². The van der Waals surface area contributed by atoms with Gasteiger partial charge in [-0.1, -0.05) is 20.8 Å². The Morgan fingerprint density at radius 1 is 1.45 bits per heavy atom. The standard InChI is InChI=1S/C9H19NO/c1-4-7(10)9(11)5-8(2,3)6-9/h7,11H,4-6,10H2,1-3H3. The zero-order valence-corrected chi connectivity index (χ0v) is 7.72. The van der Waals surface area contributed by atoms with Gasteiger partial charge < -0.3 is 10.8 Å². The van der Waals surface area contributed by atoms with Gasteiger partial charge in [0.1, 0.15) is 0 Å². The SMILES string of the molecule is CCC(N)C1(O)CC(C)(C)C1. The van der Waals surface area contributed by atoms with E-state index in [1.165, 1.54) is 0 Å². The first kappa shape index (κ1) is 9.01. The molecule has 0 aromatic heterocycles. The van der Waals surface area contributed by atoms with Crippen molar-refractivity contribution in [1.29, 1.82) is 0 Å². The first-order valence-electron chi connectivity index (χ1n) is 4.38. The Labute approximate surface area is 68.8 Å². The molecule has 0 aliphatic heterocycles. The lowest BCUT2D eigenvalue weighted by molar-refractivity contribution is -0.128. The highest BCUT2D eigenvalue weighted by molar-refractivity contribution is 5.04. The second-order valence-corrected chi connectivity index (χ2v) is 4.64. The summed E-state index contributed by atoms with van der Waals surface area (Å²) in [6, 6.07) is -0.0319. The van der Waals surface area contributed by atoms with Crippen molar-refractivity contribution < 1.29 is 5.11 Å². The minimum absolute atomic E-state index is 0.0319. The van der Waals surface area contributed by atoms with Crippen molar-refractivity contribution in [3.05, 3.63) is 0 Å². The summed E-state index contributed by atoms with van der Waals surface area (Å²) in [5.41, 5.74) is 5.53. The van der Waals surface area contributed by atoms with Crippen molar-refractivity contribution in [3.63, 3.8) is 0 Å². The van der Waals surface area contributed by atoms with Crippen LogP contribution in [0.15, 0.2) is 0 Å². The first-order valence-corrected chi connectivity index (χ1v) is 4.38. The highest BCUT2D eigenvalue weighted by Crippen LogP contribution is 2.49. The Balaban J connectivity index is 2.49. The van der Waals surface area contributed by atoms with Crippen LogP contribution < -0.4 is 5.73 Å². The van der Waals surface area contributed by atoms with Crippen LogP contribution in [-0.2, 0) is 0 Å². The Kier molecular flexibility index (Phi) is 2.01. The van der Waals surface area contributed by atoms with Crippen molar-refractivity contribution in [1.82, 2.24) is 0 Å². The van der Waals surface area contributed by atoms with Gasteiger partial charge in [0.15, 0.2) is 0 Å². The van der Waals surface area contributed by atoms with Crippen LogP contribution >= 0.6 is 0 Å². The molecule has 1 aliphatic rings. The third-order valence-electron chi connectivity index (χ3n) is 2.70. The molecule has 1 aliphatic carbocycles. The molecule has 2 heteroatoms. The van der Waals surface area contributed by atoms with Gasteiger partial charge >= 0.3 is 0 Å². The molecule has 0 spiro atoms. The lowest BCUT2D eigenvalue weighted by Gasteiger charge is -2.52. The van der Waals surface area contributed by atoms with Crippen LogP contribution in [0.5, 0.6) is 0 Å². The fourth-order valence-corrected chi connectivity index (χ4v) is 2.25. The second-order valence-electron chi connectivity index (χ2n) is 4.64. The number of aliphatic hydroxyl groups is 1. The monoisotopic (exact) mass is 157 g/mol. The largest absolute Gasteiger partial charge is 0.388 e. The van der Waals surface area contributed by atoms with E-state index in [-0.39, 0.29) is 6.04 Å². The van der Waals surface area contributed by atoms with Crippen molar-refractivity contribution in [2.24, 2.45) is 11.1 Å². The molecular weight excluding hydrogens is 138 g/mol. The van der Waals surface area contributed by atoms with E-state index < -0.39 is 5.60 Å². The van der Waals surface area contributed by atoms with E-state index in [1.54, 1.807) is 0 Å². The smallest absolute Gasteiger partial charge is 0.0808 e. The van der Waals surface area contributed by atoms with E-state index in [2.05, 4.69) is 13.8 Å². The molecule has 3 N–H and O–H groups in total. The van der Waals surface area contributed by atoms with Crippen molar-refractivity contribution in [2.45, 2.75) is 51.7 Å². The van der Waals surface area contributed by atoms with Gasteiger partial charge in [-0.25, -0.2) is 0 Å². The summed E-state index contributed by atoms with van der Waals surface area (Å²) >= 11 is 0. The molecule has 0 aromatic carbocycles. The molecule has 1 atom stereocenters. The average molecular weight is 157 g/mol. The van der Waals surface area contributed by atoms with Gasteiger partial charge in [0.2, 0.25) is 0 Å². The molecule has 1 saturated carbocycles. The van der Waals surface area contributed by atoms with Crippen LogP contribution in [0.3, 0.4) is 0 Å². The molecule has 11 heavy (non-hydrogen) atoms. The van der Waals surface area contributed by atoms with Crippen LogP contribution in [-0.4, -0.2) is 16.7 Å². The Morgan fingerprint density at radius 3 is 2.18 bits per heavy atom. The van der Waals surface area contributed by atoms with Crippen molar-refractivity contribution in [2.75, 3.05) is 0 Å². The second kappa shape index (κ2) is 2.46. The van der Waals surface area contributed by atoms with Gasteiger partial charge in [0.05, 0.1) is 5.60 Å². The van der Waals surface area contributed by atoms with Crippen molar-refractivity contribution in [3.8, 4) is 0 Å². The summed E-state index contributed by atoms with van der Waals surface area (Å²) in [6.45, 7) is 6.36. The first-order chi connectivity index (χ1) is 4.90. The minimum Gasteiger partial charge on any atom is -0.388 e. The third-order valence-corrected chi connectivity index (χ3v) is 2.70. The highest BCUT2D eigenvalue weighted by Gasteiger charge is 2.50. The highest BCUT2D eigenvalue weighted by atomic mass is 16.3. The van der Waals surface area contributed by atoms with Gasteiger partial charge in [-0.05, 0) is 24.7 Å². The predicted molar refractivity (Wildman–Crippen MR) is 46.2 cm³/mol. The fourth-order valence-electron chi connectivity index (χ4n) is 2.25. The van der Waals surface area contributed by atoms with E-state index in [4.69, 9.17) is 5.73 Å². The number of rotatable bonds is 2. The molecular formula is C9H19NO. The summed E-state index contributed by atoms with van der Waals surface area (Å²) in [6.07, 6.45) is 2.58. The van der Waals surface area contributed by atoms with Gasteiger partial charge in [-0.15, -0.1) is 0 Å². The van der Waals surface area contributed by atoms with E-state index in [0.29, 0.717) is 5.41 Å². The van der Waals surface area contributed by atoms with Crippen LogP contribution in [0.2, 0.25) is 0 Å². The minimum atomic E-state index is -0.557. The predicted octanol–water partition coefficient (Wildman–Crippen LogP) is 1.27. The summed E-state index contributed by atoms with van der Waals surface area (Å²) in [5.74, 6) is 0. The Morgan fingerprint density at radius 2 is 1.91 bits per heavy atom. The molecule has 0 heterocycles. The molecule has 1 rings (SSSR count). The number of hydrogen-bond acceptors (Lipinski definition) is 2. The Hall–Kier alpha value is -0.0800. The topological polar surface area (TPSA) is 46.2 Å². The van der Waals surface area contributed by atoms with Crippen LogP contribution in [0.4, 0.5) is 0 Å². The van der Waals surface area contributed by atoms with Gasteiger partial charge in [-0.2, -0.15) is 0 Å². The van der Waals surface area contributed by atoms with Gasteiger partial charge in [-0.3, -0.25) is 0 Å². The van der Waals surface area contributed by atoms with E-state index in [1.807, 2.05) is 6.92 Å². The van der Waals surface area contributed by atoms with E-state index in [9.17, 15) is 5.11 Å². The summed E-state index contributed by atoms with van der Waals surface area (Å²) in [5, 5.41) is 9.89. The normalized spacial score (nSPS) is 29.2. The summed E-state index contributed by atoms with van der Waals surface area (Å²) in [7, 11) is 0. The molecule has 2 nitrogen and oxygen atoms in total. The fraction of sp³-hybridized carbons (Fsp3) is 1.00. The van der Waals surface area contributed by atoms with Crippen LogP contribution in [0, 0.1) is 5.41 Å². The molecule has 0 saturated heterocycles. The summed E-state index contributed by atoms with van der Waals surface area (Å²) < 4.78 is 0.